The number of aromatic carboxylic acids is 1. The lowest BCUT2D eigenvalue weighted by Crippen LogP contribution is -2.24. The van der Waals surface area contributed by atoms with Gasteiger partial charge in [-0.3, -0.25) is 4.79 Å². The molecule has 1 amide bonds. The topological polar surface area (TPSA) is 75.6 Å². The Morgan fingerprint density at radius 2 is 2.22 bits per heavy atom. The van der Waals surface area contributed by atoms with E-state index in [1.165, 1.54) is 12.1 Å². The molecule has 96 valence electrons. The first-order chi connectivity index (χ1) is 8.59. The molecule has 1 fully saturated rings. The van der Waals surface area contributed by atoms with E-state index >= 15 is 0 Å². The van der Waals surface area contributed by atoms with Gasteiger partial charge in [-0.2, -0.15) is 0 Å². The van der Waals surface area contributed by atoms with Crippen molar-refractivity contribution in [1.29, 1.82) is 0 Å². The zero-order valence-corrected chi connectivity index (χ0v) is 10.2. The van der Waals surface area contributed by atoms with Gasteiger partial charge in [0.25, 0.3) is 0 Å². The van der Waals surface area contributed by atoms with Gasteiger partial charge in [0.2, 0.25) is 5.91 Å². The van der Waals surface area contributed by atoms with Gasteiger partial charge in [-0.15, -0.1) is 0 Å². The highest BCUT2D eigenvalue weighted by atomic mass is 35.5. The Balaban J connectivity index is 2.20. The maximum absolute atomic E-state index is 11.9. The SMILES string of the molecule is O=C(O)c1c(Cl)cccc1NC(=O)C1CCOC1. The molecule has 1 aliphatic rings. The zero-order valence-electron chi connectivity index (χ0n) is 9.48. The number of anilines is 1. The summed E-state index contributed by atoms with van der Waals surface area (Å²) in [4.78, 5) is 23.0. The average Bonchev–Trinajstić information content (AvgIpc) is 2.81. The zero-order chi connectivity index (χ0) is 13.1. The van der Waals surface area contributed by atoms with Crippen LogP contribution in [0.1, 0.15) is 16.8 Å². The molecule has 6 heteroatoms. The van der Waals surface area contributed by atoms with Crippen molar-refractivity contribution in [3.63, 3.8) is 0 Å². The number of nitrogens with one attached hydrogen (secondary N) is 1. The summed E-state index contributed by atoms with van der Waals surface area (Å²) >= 11 is 5.81. The molecule has 1 atom stereocenters. The van der Waals surface area contributed by atoms with Gasteiger partial charge in [-0.05, 0) is 18.6 Å². The minimum atomic E-state index is -1.17. The van der Waals surface area contributed by atoms with Crippen LogP contribution in [0.15, 0.2) is 18.2 Å². The van der Waals surface area contributed by atoms with Crippen molar-refractivity contribution in [3.05, 3.63) is 28.8 Å². The van der Waals surface area contributed by atoms with Crippen LogP contribution in [-0.2, 0) is 9.53 Å². The number of hydrogen-bond acceptors (Lipinski definition) is 3. The van der Waals surface area contributed by atoms with Gasteiger partial charge in [-0.1, -0.05) is 17.7 Å². The van der Waals surface area contributed by atoms with Gasteiger partial charge in [0.1, 0.15) is 5.56 Å². The first-order valence-electron chi connectivity index (χ1n) is 5.50. The van der Waals surface area contributed by atoms with Crippen LogP contribution < -0.4 is 5.32 Å². The van der Waals surface area contributed by atoms with Gasteiger partial charge >= 0.3 is 5.97 Å². The van der Waals surface area contributed by atoms with E-state index in [9.17, 15) is 9.59 Å². The summed E-state index contributed by atoms with van der Waals surface area (Å²) in [6.45, 7) is 0.925. The Hall–Kier alpha value is -1.59. The standard InChI is InChI=1S/C12H12ClNO4/c13-8-2-1-3-9(10(8)12(16)17)14-11(15)7-4-5-18-6-7/h1-3,7H,4-6H2,(H,14,15)(H,16,17). The molecule has 0 saturated carbocycles. The third kappa shape index (κ3) is 2.63. The normalized spacial score (nSPS) is 18.6. The molecule has 0 radical (unpaired) electrons. The molecule has 1 unspecified atom stereocenters. The molecule has 1 aliphatic heterocycles. The molecule has 0 aliphatic carbocycles. The Bertz CT molecular complexity index is 483. The monoisotopic (exact) mass is 269 g/mol. The van der Waals surface area contributed by atoms with E-state index in [2.05, 4.69) is 5.32 Å². The number of rotatable bonds is 3. The van der Waals surface area contributed by atoms with Gasteiger partial charge in [0.15, 0.2) is 0 Å². The van der Waals surface area contributed by atoms with Gasteiger partial charge in [-0.25, -0.2) is 4.79 Å². The summed E-state index contributed by atoms with van der Waals surface area (Å²) in [5.74, 6) is -1.64. The number of carboxylic acids is 1. The molecule has 1 heterocycles. The fourth-order valence-corrected chi connectivity index (χ4v) is 2.08. The maximum Gasteiger partial charge on any atom is 0.339 e. The van der Waals surface area contributed by atoms with Crippen LogP contribution in [-0.4, -0.2) is 30.2 Å². The number of ether oxygens (including phenoxy) is 1. The van der Waals surface area contributed by atoms with Crippen LogP contribution in [0.25, 0.3) is 0 Å². The number of halogens is 1. The van der Waals surface area contributed by atoms with Crippen LogP contribution in [0.3, 0.4) is 0 Å². The van der Waals surface area contributed by atoms with Crippen LogP contribution in [0.4, 0.5) is 5.69 Å². The average molecular weight is 270 g/mol. The predicted molar refractivity (Wildman–Crippen MR) is 66.0 cm³/mol. The fourth-order valence-electron chi connectivity index (χ4n) is 1.82. The van der Waals surface area contributed by atoms with Crippen molar-refractivity contribution in [2.75, 3.05) is 18.5 Å². The number of amides is 1. The molecule has 18 heavy (non-hydrogen) atoms. The minimum Gasteiger partial charge on any atom is -0.478 e. The van der Waals surface area contributed by atoms with E-state index in [1.807, 2.05) is 0 Å². The quantitative estimate of drug-likeness (QED) is 0.880. The minimum absolute atomic E-state index is 0.0913. The summed E-state index contributed by atoms with van der Waals surface area (Å²) in [5, 5.41) is 11.8. The van der Waals surface area contributed by atoms with E-state index < -0.39 is 5.97 Å². The highest BCUT2D eigenvalue weighted by Gasteiger charge is 2.25. The lowest BCUT2D eigenvalue weighted by Gasteiger charge is -2.12. The number of carbonyl (C=O) groups is 2. The molecule has 2 rings (SSSR count). The van der Waals surface area contributed by atoms with E-state index in [-0.39, 0.29) is 28.1 Å². The number of benzene rings is 1. The summed E-state index contributed by atoms with van der Waals surface area (Å²) < 4.78 is 5.11. The molecule has 2 N–H and O–H groups in total. The summed E-state index contributed by atoms with van der Waals surface area (Å²) in [6.07, 6.45) is 0.648. The van der Waals surface area contributed by atoms with Crippen molar-refractivity contribution < 1.29 is 19.4 Å². The van der Waals surface area contributed by atoms with Crippen molar-refractivity contribution >= 4 is 29.2 Å². The van der Waals surface area contributed by atoms with Crippen LogP contribution >= 0.6 is 11.6 Å². The molecule has 0 spiro atoms. The van der Waals surface area contributed by atoms with E-state index in [1.54, 1.807) is 6.07 Å². The Labute approximate surface area is 109 Å². The van der Waals surface area contributed by atoms with Crippen molar-refractivity contribution in [2.45, 2.75) is 6.42 Å². The summed E-state index contributed by atoms with van der Waals surface area (Å²) in [7, 11) is 0. The Kier molecular flexibility index (Phi) is 3.84. The highest BCUT2D eigenvalue weighted by molar-refractivity contribution is 6.34. The predicted octanol–water partition coefficient (Wildman–Crippen LogP) is 2.01. The molecule has 5 nitrogen and oxygen atoms in total. The smallest absolute Gasteiger partial charge is 0.339 e. The van der Waals surface area contributed by atoms with Crippen LogP contribution in [0.5, 0.6) is 0 Å². The Morgan fingerprint density at radius 1 is 1.44 bits per heavy atom. The highest BCUT2D eigenvalue weighted by Crippen LogP contribution is 2.25. The summed E-state index contributed by atoms with van der Waals surface area (Å²) in [5.41, 5.74) is 0.123. The first kappa shape index (κ1) is 12.9. The fraction of sp³-hybridized carbons (Fsp3) is 0.333. The molecule has 0 bridgehead atoms. The third-order valence-corrected chi connectivity index (χ3v) is 3.10. The summed E-state index contributed by atoms with van der Waals surface area (Å²) in [6, 6.07) is 4.58. The second kappa shape index (κ2) is 5.37. The first-order valence-corrected chi connectivity index (χ1v) is 5.88. The van der Waals surface area contributed by atoms with Crippen molar-refractivity contribution in [1.82, 2.24) is 0 Å². The number of carbonyl (C=O) groups excluding carboxylic acids is 1. The largest absolute Gasteiger partial charge is 0.478 e. The molecular formula is C12H12ClNO4. The van der Waals surface area contributed by atoms with Gasteiger partial charge in [0.05, 0.1) is 23.2 Å². The van der Waals surface area contributed by atoms with Crippen molar-refractivity contribution in [2.24, 2.45) is 5.92 Å². The number of carboxylic acid groups (broad SMARTS) is 1. The van der Waals surface area contributed by atoms with E-state index in [0.717, 1.165) is 0 Å². The second-order valence-electron chi connectivity index (χ2n) is 4.02. The van der Waals surface area contributed by atoms with Gasteiger partial charge in [0, 0.05) is 6.61 Å². The van der Waals surface area contributed by atoms with Gasteiger partial charge < -0.3 is 15.2 Å². The van der Waals surface area contributed by atoms with Crippen LogP contribution in [0, 0.1) is 5.92 Å². The molecular weight excluding hydrogens is 258 g/mol. The molecule has 0 aromatic heterocycles. The maximum atomic E-state index is 11.9. The third-order valence-electron chi connectivity index (χ3n) is 2.79. The molecule has 1 saturated heterocycles. The van der Waals surface area contributed by atoms with Crippen molar-refractivity contribution in [3.8, 4) is 0 Å². The lowest BCUT2D eigenvalue weighted by atomic mass is 10.1. The number of hydrogen-bond donors (Lipinski definition) is 2. The second-order valence-corrected chi connectivity index (χ2v) is 4.42. The Morgan fingerprint density at radius 3 is 2.83 bits per heavy atom. The van der Waals surface area contributed by atoms with E-state index in [0.29, 0.717) is 19.6 Å². The molecule has 1 aromatic rings. The van der Waals surface area contributed by atoms with E-state index in [4.69, 9.17) is 21.4 Å². The van der Waals surface area contributed by atoms with Crippen LogP contribution in [0.2, 0.25) is 5.02 Å². The lowest BCUT2D eigenvalue weighted by molar-refractivity contribution is -0.119. The molecule has 1 aromatic carbocycles.